The van der Waals surface area contributed by atoms with Gasteiger partial charge < -0.3 is 15.2 Å². The summed E-state index contributed by atoms with van der Waals surface area (Å²) in [4.78, 5) is 22.7. The molecular weight excluding hydrogens is 286 g/mol. The molecule has 1 aromatic heterocycles. The molecule has 2 aromatic rings. The van der Waals surface area contributed by atoms with Crippen molar-refractivity contribution in [3.63, 3.8) is 0 Å². The van der Waals surface area contributed by atoms with Gasteiger partial charge >= 0.3 is 5.97 Å². The molecule has 7 nitrogen and oxygen atoms in total. The fraction of sp³-hybridized carbons (Fsp3) is 0.267. The number of nitrogens with two attached hydrogens (primary N) is 1. The molecule has 0 bridgehead atoms. The molecule has 0 aliphatic heterocycles. The Morgan fingerprint density at radius 2 is 1.86 bits per heavy atom. The molecule has 0 unspecified atom stereocenters. The number of ether oxygens (including phenoxy) is 2. The van der Waals surface area contributed by atoms with Crippen molar-refractivity contribution in [2.24, 2.45) is 12.8 Å². The number of hydrogen-bond donors (Lipinski definition) is 1. The van der Waals surface area contributed by atoms with Crippen LogP contribution >= 0.6 is 0 Å². The summed E-state index contributed by atoms with van der Waals surface area (Å²) in [6.07, 6.45) is 1.13. The van der Waals surface area contributed by atoms with Crippen molar-refractivity contribution in [2.75, 3.05) is 0 Å². The van der Waals surface area contributed by atoms with Crippen LogP contribution in [0.25, 0.3) is 0 Å². The van der Waals surface area contributed by atoms with Crippen molar-refractivity contribution in [1.29, 1.82) is 0 Å². The predicted octanol–water partition coefficient (Wildman–Crippen LogP) is 0.821. The van der Waals surface area contributed by atoms with E-state index < -0.39 is 18.0 Å². The summed E-state index contributed by atoms with van der Waals surface area (Å²) in [7, 11) is 1.78. The number of hydrogen-bond acceptors (Lipinski definition) is 5. The Hall–Kier alpha value is -2.83. The molecule has 0 aliphatic rings. The number of esters is 1. The van der Waals surface area contributed by atoms with E-state index in [9.17, 15) is 9.59 Å². The van der Waals surface area contributed by atoms with E-state index in [-0.39, 0.29) is 6.42 Å². The first-order valence-electron chi connectivity index (χ1n) is 6.69. The SMILES string of the molecule is C[C@@H](Oc1ccc(OC(=O)Cc2ccn(C)n2)cc1)C(N)=O. The van der Waals surface area contributed by atoms with Gasteiger partial charge in [-0.2, -0.15) is 5.10 Å². The maximum Gasteiger partial charge on any atom is 0.317 e. The first kappa shape index (κ1) is 15.6. The van der Waals surface area contributed by atoms with Gasteiger partial charge in [0.25, 0.3) is 5.91 Å². The summed E-state index contributed by atoms with van der Waals surface area (Å²) in [5.74, 6) is -0.0976. The number of amides is 1. The molecule has 0 aliphatic carbocycles. The molecule has 2 rings (SSSR count). The summed E-state index contributed by atoms with van der Waals surface area (Å²) < 4.78 is 12.1. The summed E-state index contributed by atoms with van der Waals surface area (Å²) in [5, 5.41) is 4.11. The third-order valence-electron chi connectivity index (χ3n) is 2.86. The van der Waals surface area contributed by atoms with Crippen LogP contribution < -0.4 is 15.2 Å². The van der Waals surface area contributed by atoms with Gasteiger partial charge in [-0.05, 0) is 37.3 Å². The lowest BCUT2D eigenvalue weighted by Gasteiger charge is -2.11. The van der Waals surface area contributed by atoms with E-state index in [1.54, 1.807) is 55.2 Å². The molecule has 0 radical (unpaired) electrons. The van der Waals surface area contributed by atoms with E-state index in [0.29, 0.717) is 17.2 Å². The molecule has 0 saturated heterocycles. The third kappa shape index (κ3) is 4.34. The molecule has 1 aromatic carbocycles. The second-order valence-electron chi connectivity index (χ2n) is 4.77. The third-order valence-corrected chi connectivity index (χ3v) is 2.86. The normalized spacial score (nSPS) is 11.7. The number of primary amides is 1. The Morgan fingerprint density at radius 3 is 2.41 bits per heavy atom. The van der Waals surface area contributed by atoms with Crippen molar-refractivity contribution in [2.45, 2.75) is 19.4 Å². The molecule has 116 valence electrons. The number of aromatic nitrogens is 2. The highest BCUT2D eigenvalue weighted by Gasteiger charge is 2.11. The van der Waals surface area contributed by atoms with Crippen molar-refractivity contribution in [3.05, 3.63) is 42.2 Å². The van der Waals surface area contributed by atoms with Gasteiger partial charge in [-0.25, -0.2) is 0 Å². The van der Waals surface area contributed by atoms with Crippen LogP contribution in [-0.4, -0.2) is 27.8 Å². The summed E-state index contributed by atoms with van der Waals surface area (Å²) in [6, 6.07) is 8.12. The zero-order chi connectivity index (χ0) is 16.1. The highest BCUT2D eigenvalue weighted by Crippen LogP contribution is 2.19. The molecule has 1 amide bonds. The van der Waals surface area contributed by atoms with E-state index in [1.165, 1.54) is 0 Å². The van der Waals surface area contributed by atoms with Crippen LogP contribution in [0.4, 0.5) is 0 Å². The fourth-order valence-electron chi connectivity index (χ4n) is 1.72. The standard InChI is InChI=1S/C15H17N3O4/c1-10(15(16)20)21-12-3-5-13(6-4-12)22-14(19)9-11-7-8-18(2)17-11/h3-8,10H,9H2,1-2H3,(H2,16,20)/t10-/m1/s1. The minimum Gasteiger partial charge on any atom is -0.481 e. The minimum absolute atomic E-state index is 0.0950. The van der Waals surface area contributed by atoms with Crippen LogP contribution in [0.2, 0.25) is 0 Å². The summed E-state index contributed by atoms with van der Waals surface area (Å²) in [6.45, 7) is 1.56. The number of benzene rings is 1. The Bertz CT molecular complexity index is 664. The van der Waals surface area contributed by atoms with Crippen LogP contribution in [0.1, 0.15) is 12.6 Å². The fourth-order valence-corrected chi connectivity index (χ4v) is 1.72. The van der Waals surface area contributed by atoms with Crippen molar-refractivity contribution >= 4 is 11.9 Å². The second-order valence-corrected chi connectivity index (χ2v) is 4.77. The van der Waals surface area contributed by atoms with E-state index in [1.807, 2.05) is 0 Å². The van der Waals surface area contributed by atoms with Gasteiger partial charge in [0, 0.05) is 13.2 Å². The highest BCUT2D eigenvalue weighted by molar-refractivity contribution is 5.78. The quantitative estimate of drug-likeness (QED) is 0.629. The van der Waals surface area contributed by atoms with E-state index in [2.05, 4.69) is 5.10 Å². The molecule has 0 fully saturated rings. The maximum absolute atomic E-state index is 11.8. The van der Waals surface area contributed by atoms with Gasteiger partial charge in [0.15, 0.2) is 6.10 Å². The molecule has 0 spiro atoms. The van der Waals surface area contributed by atoms with E-state index in [0.717, 1.165) is 0 Å². The lowest BCUT2D eigenvalue weighted by Crippen LogP contribution is -2.30. The molecule has 22 heavy (non-hydrogen) atoms. The van der Waals surface area contributed by atoms with Gasteiger partial charge in [-0.15, -0.1) is 0 Å². The zero-order valence-corrected chi connectivity index (χ0v) is 12.4. The van der Waals surface area contributed by atoms with Crippen LogP contribution in [0.3, 0.4) is 0 Å². The number of nitrogens with zero attached hydrogens (tertiary/aromatic N) is 2. The lowest BCUT2D eigenvalue weighted by molar-refractivity contribution is -0.133. The molecule has 2 N–H and O–H groups in total. The Morgan fingerprint density at radius 1 is 1.23 bits per heavy atom. The van der Waals surface area contributed by atoms with Crippen LogP contribution in [0, 0.1) is 0 Å². The Labute approximate surface area is 127 Å². The van der Waals surface area contributed by atoms with Crippen LogP contribution in [-0.2, 0) is 23.1 Å². The first-order valence-corrected chi connectivity index (χ1v) is 6.69. The van der Waals surface area contributed by atoms with Gasteiger partial charge in [0.2, 0.25) is 0 Å². The zero-order valence-electron chi connectivity index (χ0n) is 12.4. The maximum atomic E-state index is 11.8. The van der Waals surface area contributed by atoms with E-state index in [4.69, 9.17) is 15.2 Å². The highest BCUT2D eigenvalue weighted by atomic mass is 16.5. The molecular formula is C15H17N3O4. The summed E-state index contributed by atoms with van der Waals surface area (Å²) >= 11 is 0. The van der Waals surface area contributed by atoms with Gasteiger partial charge in [0.1, 0.15) is 11.5 Å². The number of carbonyl (C=O) groups is 2. The Kier molecular flexibility index (Phi) is 4.77. The summed E-state index contributed by atoms with van der Waals surface area (Å²) in [5.41, 5.74) is 5.76. The van der Waals surface area contributed by atoms with Gasteiger partial charge in [-0.1, -0.05) is 0 Å². The minimum atomic E-state index is -0.724. The molecule has 1 atom stereocenters. The monoisotopic (exact) mass is 303 g/mol. The second kappa shape index (κ2) is 6.75. The average Bonchev–Trinajstić information content (AvgIpc) is 2.86. The van der Waals surface area contributed by atoms with Gasteiger partial charge in [-0.3, -0.25) is 14.3 Å². The lowest BCUT2D eigenvalue weighted by atomic mass is 10.3. The topological polar surface area (TPSA) is 96.4 Å². The first-order chi connectivity index (χ1) is 10.4. The average molecular weight is 303 g/mol. The van der Waals surface area contributed by atoms with Crippen LogP contribution in [0.15, 0.2) is 36.5 Å². The Balaban J connectivity index is 1.90. The smallest absolute Gasteiger partial charge is 0.317 e. The number of aryl methyl sites for hydroxylation is 1. The van der Waals surface area contributed by atoms with Crippen molar-refractivity contribution in [1.82, 2.24) is 9.78 Å². The molecule has 1 heterocycles. The molecule has 7 heteroatoms. The van der Waals surface area contributed by atoms with Crippen LogP contribution in [0.5, 0.6) is 11.5 Å². The van der Waals surface area contributed by atoms with Crippen molar-refractivity contribution < 1.29 is 19.1 Å². The van der Waals surface area contributed by atoms with E-state index >= 15 is 0 Å². The number of rotatable bonds is 6. The van der Waals surface area contributed by atoms with Crippen molar-refractivity contribution in [3.8, 4) is 11.5 Å². The van der Waals surface area contributed by atoms with Gasteiger partial charge in [0.05, 0.1) is 12.1 Å². The largest absolute Gasteiger partial charge is 0.481 e. The number of carbonyl (C=O) groups excluding carboxylic acids is 2. The molecule has 0 saturated carbocycles. The predicted molar refractivity (Wildman–Crippen MR) is 78.3 cm³/mol.